The molecule has 1 aliphatic heterocycles. The van der Waals surface area contributed by atoms with Gasteiger partial charge in [0.2, 0.25) is 0 Å². The second kappa shape index (κ2) is 3.60. The van der Waals surface area contributed by atoms with E-state index in [1.165, 1.54) is 0 Å². The molecular weight excluding hydrogens is 142 g/mol. The zero-order valence-corrected chi connectivity index (χ0v) is 7.17. The molecule has 0 bridgehead atoms. The van der Waals surface area contributed by atoms with Crippen LogP contribution in [0.5, 0.6) is 0 Å². The molecular formula is C8H15NO2. The fraction of sp³-hybridized carbons (Fsp3) is 0.875. The molecule has 3 heteroatoms. The van der Waals surface area contributed by atoms with Gasteiger partial charge >= 0.3 is 6.09 Å². The molecule has 64 valence electrons. The van der Waals surface area contributed by atoms with E-state index in [2.05, 4.69) is 0 Å². The van der Waals surface area contributed by atoms with Crippen molar-refractivity contribution in [1.82, 2.24) is 4.90 Å². The molecule has 1 fully saturated rings. The summed E-state index contributed by atoms with van der Waals surface area (Å²) in [4.78, 5) is 12.9. The molecule has 0 N–H and O–H groups in total. The average Bonchev–Trinajstić information content (AvgIpc) is 2.13. The molecule has 0 spiro atoms. The molecule has 0 aromatic heterocycles. The Balaban J connectivity index is 2.52. The highest BCUT2D eigenvalue weighted by molar-refractivity contribution is 5.68. The van der Waals surface area contributed by atoms with Crippen LogP contribution in [0.4, 0.5) is 4.79 Å². The zero-order valence-electron chi connectivity index (χ0n) is 7.17. The van der Waals surface area contributed by atoms with Crippen LogP contribution < -0.4 is 0 Å². The van der Waals surface area contributed by atoms with Crippen molar-refractivity contribution in [3.05, 3.63) is 0 Å². The third-order valence-corrected chi connectivity index (χ3v) is 1.88. The van der Waals surface area contributed by atoms with E-state index in [4.69, 9.17) is 4.74 Å². The van der Waals surface area contributed by atoms with Gasteiger partial charge in [0, 0.05) is 12.6 Å². The van der Waals surface area contributed by atoms with Gasteiger partial charge in [-0.2, -0.15) is 0 Å². The van der Waals surface area contributed by atoms with Crippen molar-refractivity contribution in [3.63, 3.8) is 0 Å². The van der Waals surface area contributed by atoms with Crippen LogP contribution in [-0.4, -0.2) is 30.2 Å². The predicted molar refractivity (Wildman–Crippen MR) is 42.4 cm³/mol. The van der Waals surface area contributed by atoms with Crippen LogP contribution in [0.3, 0.4) is 0 Å². The first-order valence-electron chi connectivity index (χ1n) is 4.15. The number of hydrogen-bond donors (Lipinski definition) is 0. The van der Waals surface area contributed by atoms with E-state index in [1.54, 1.807) is 4.90 Å². The van der Waals surface area contributed by atoms with Crippen molar-refractivity contribution < 1.29 is 9.53 Å². The third kappa shape index (κ3) is 2.10. The smallest absolute Gasteiger partial charge is 0.409 e. The van der Waals surface area contributed by atoms with E-state index < -0.39 is 0 Å². The number of carbonyl (C=O) groups excluding carboxylic acids is 1. The van der Waals surface area contributed by atoms with Crippen LogP contribution in [0.1, 0.15) is 26.7 Å². The first kappa shape index (κ1) is 8.37. The normalized spacial score (nSPS) is 19.9. The van der Waals surface area contributed by atoms with Crippen molar-refractivity contribution in [3.8, 4) is 0 Å². The van der Waals surface area contributed by atoms with Crippen molar-refractivity contribution >= 4 is 6.09 Å². The molecule has 0 aromatic carbocycles. The summed E-state index contributed by atoms with van der Waals surface area (Å²) in [6.07, 6.45) is 1.90. The minimum Gasteiger partial charge on any atom is -0.449 e. The van der Waals surface area contributed by atoms with Crippen LogP contribution >= 0.6 is 0 Å². The van der Waals surface area contributed by atoms with Crippen LogP contribution in [0.15, 0.2) is 0 Å². The van der Waals surface area contributed by atoms with Gasteiger partial charge < -0.3 is 9.64 Å². The van der Waals surface area contributed by atoms with E-state index in [9.17, 15) is 4.79 Å². The topological polar surface area (TPSA) is 29.5 Å². The Morgan fingerprint density at radius 3 is 2.82 bits per heavy atom. The van der Waals surface area contributed by atoms with E-state index in [1.807, 2.05) is 13.8 Å². The number of cyclic esters (lactones) is 1. The number of hydrogen-bond acceptors (Lipinski definition) is 2. The van der Waals surface area contributed by atoms with E-state index in [0.29, 0.717) is 6.61 Å². The second-order valence-electron chi connectivity index (χ2n) is 3.11. The van der Waals surface area contributed by atoms with Gasteiger partial charge in [-0.05, 0) is 26.7 Å². The third-order valence-electron chi connectivity index (χ3n) is 1.88. The van der Waals surface area contributed by atoms with Gasteiger partial charge in [0.25, 0.3) is 0 Å². The largest absolute Gasteiger partial charge is 0.449 e. The molecule has 0 aliphatic carbocycles. The summed E-state index contributed by atoms with van der Waals surface area (Å²) in [6, 6.07) is 0.264. The fourth-order valence-electron chi connectivity index (χ4n) is 1.19. The van der Waals surface area contributed by atoms with Crippen LogP contribution in [-0.2, 0) is 4.74 Å². The first-order valence-corrected chi connectivity index (χ1v) is 4.15. The van der Waals surface area contributed by atoms with Gasteiger partial charge in [-0.25, -0.2) is 4.79 Å². The molecule has 0 unspecified atom stereocenters. The Kier molecular flexibility index (Phi) is 2.74. The van der Waals surface area contributed by atoms with Crippen LogP contribution in [0, 0.1) is 0 Å². The summed E-state index contributed by atoms with van der Waals surface area (Å²) < 4.78 is 4.96. The molecule has 1 saturated heterocycles. The predicted octanol–water partition coefficient (Wildman–Crippen LogP) is 1.63. The number of rotatable bonds is 1. The Bertz CT molecular complexity index is 145. The Morgan fingerprint density at radius 1 is 1.45 bits per heavy atom. The van der Waals surface area contributed by atoms with Crippen molar-refractivity contribution in [2.24, 2.45) is 0 Å². The van der Waals surface area contributed by atoms with E-state index >= 15 is 0 Å². The SMILES string of the molecule is CC(C)N1CCCCOC1=O. The molecule has 0 radical (unpaired) electrons. The second-order valence-corrected chi connectivity index (χ2v) is 3.11. The van der Waals surface area contributed by atoms with E-state index in [-0.39, 0.29) is 12.1 Å². The minimum atomic E-state index is -0.155. The maximum atomic E-state index is 11.2. The fourth-order valence-corrected chi connectivity index (χ4v) is 1.19. The van der Waals surface area contributed by atoms with Gasteiger partial charge in [-0.3, -0.25) is 0 Å². The van der Waals surface area contributed by atoms with Crippen molar-refractivity contribution in [1.29, 1.82) is 0 Å². The Hall–Kier alpha value is -0.730. The molecule has 1 heterocycles. The summed E-state index contributed by atoms with van der Waals surface area (Å²) in [6.45, 7) is 5.44. The minimum absolute atomic E-state index is 0.155. The number of ether oxygens (including phenoxy) is 1. The number of carbonyl (C=O) groups is 1. The van der Waals surface area contributed by atoms with Crippen molar-refractivity contribution in [2.75, 3.05) is 13.2 Å². The van der Waals surface area contributed by atoms with Gasteiger partial charge in [-0.1, -0.05) is 0 Å². The summed E-state index contributed by atoms with van der Waals surface area (Å²) >= 11 is 0. The lowest BCUT2D eigenvalue weighted by Gasteiger charge is -2.22. The first-order chi connectivity index (χ1) is 5.22. The lowest BCUT2D eigenvalue weighted by Crippen LogP contribution is -2.36. The Labute approximate surface area is 67.3 Å². The summed E-state index contributed by atoms with van der Waals surface area (Å²) in [5.74, 6) is 0. The lowest BCUT2D eigenvalue weighted by atomic mass is 10.3. The average molecular weight is 157 g/mol. The molecule has 0 saturated carbocycles. The van der Waals surface area contributed by atoms with Crippen LogP contribution in [0.25, 0.3) is 0 Å². The number of amides is 1. The van der Waals surface area contributed by atoms with Gasteiger partial charge in [-0.15, -0.1) is 0 Å². The van der Waals surface area contributed by atoms with Gasteiger partial charge in [0.1, 0.15) is 0 Å². The highest BCUT2D eigenvalue weighted by Crippen LogP contribution is 2.08. The number of nitrogens with zero attached hydrogens (tertiary/aromatic N) is 1. The molecule has 3 nitrogen and oxygen atoms in total. The van der Waals surface area contributed by atoms with Crippen LogP contribution in [0.2, 0.25) is 0 Å². The lowest BCUT2D eigenvalue weighted by molar-refractivity contribution is 0.106. The molecule has 1 amide bonds. The van der Waals surface area contributed by atoms with Gasteiger partial charge in [0.15, 0.2) is 0 Å². The summed E-state index contributed by atoms with van der Waals surface area (Å²) in [5, 5.41) is 0. The van der Waals surface area contributed by atoms with Crippen molar-refractivity contribution in [2.45, 2.75) is 32.7 Å². The molecule has 1 rings (SSSR count). The molecule has 1 aliphatic rings. The van der Waals surface area contributed by atoms with Gasteiger partial charge in [0.05, 0.1) is 6.61 Å². The summed E-state index contributed by atoms with van der Waals surface area (Å²) in [5.41, 5.74) is 0. The molecule has 0 aromatic rings. The zero-order chi connectivity index (χ0) is 8.27. The standard InChI is InChI=1S/C8H15NO2/c1-7(2)9-5-3-4-6-11-8(9)10/h7H,3-6H2,1-2H3. The highest BCUT2D eigenvalue weighted by atomic mass is 16.6. The molecule has 0 atom stereocenters. The van der Waals surface area contributed by atoms with E-state index in [0.717, 1.165) is 19.4 Å². The highest BCUT2D eigenvalue weighted by Gasteiger charge is 2.19. The Morgan fingerprint density at radius 2 is 2.18 bits per heavy atom. The summed E-state index contributed by atoms with van der Waals surface area (Å²) in [7, 11) is 0. The monoisotopic (exact) mass is 157 g/mol. The maximum Gasteiger partial charge on any atom is 0.409 e. The molecule has 11 heavy (non-hydrogen) atoms. The maximum absolute atomic E-state index is 11.2. The quantitative estimate of drug-likeness (QED) is 0.579.